The van der Waals surface area contributed by atoms with Crippen molar-refractivity contribution in [2.45, 2.75) is 57.6 Å². The molecule has 2 aromatic rings. The number of benzene rings is 2. The molecule has 0 atom stereocenters. The van der Waals surface area contributed by atoms with Gasteiger partial charge in [-0.05, 0) is 42.1 Å². The molecule has 0 amide bonds. The van der Waals surface area contributed by atoms with Crippen molar-refractivity contribution in [3.8, 4) is 0 Å². The Morgan fingerprint density at radius 1 is 0.840 bits per heavy atom. The molecule has 1 aliphatic rings. The highest BCUT2D eigenvalue weighted by molar-refractivity contribution is 6.97. The molecule has 1 aliphatic carbocycles. The van der Waals surface area contributed by atoms with Crippen LogP contribution in [-0.2, 0) is 4.43 Å². The Hall–Kier alpha value is -1.64. The average Bonchev–Trinajstić information content (AvgIpc) is 2.95. The first-order valence-electron chi connectivity index (χ1n) is 9.79. The van der Waals surface area contributed by atoms with Crippen LogP contribution in [-0.4, -0.2) is 14.4 Å². The fourth-order valence-corrected chi connectivity index (χ4v) is 8.26. The molecule has 132 valence electrons. The van der Waals surface area contributed by atoms with E-state index in [0.717, 1.165) is 25.7 Å². The summed E-state index contributed by atoms with van der Waals surface area (Å²) in [5.41, 5.74) is 0. The third-order valence-electron chi connectivity index (χ3n) is 5.21. The zero-order valence-corrected chi connectivity index (χ0v) is 16.4. The van der Waals surface area contributed by atoms with Crippen molar-refractivity contribution in [3.63, 3.8) is 0 Å². The lowest BCUT2D eigenvalue weighted by Gasteiger charge is -2.36. The van der Waals surface area contributed by atoms with E-state index < -0.39 is 8.32 Å². The minimum Gasteiger partial charge on any atom is -0.405 e. The molecule has 0 saturated carbocycles. The molecule has 25 heavy (non-hydrogen) atoms. The molecule has 0 bridgehead atoms. The van der Waals surface area contributed by atoms with Crippen molar-refractivity contribution in [1.29, 1.82) is 0 Å². The van der Waals surface area contributed by atoms with Crippen LogP contribution in [0.15, 0.2) is 72.8 Å². The van der Waals surface area contributed by atoms with Gasteiger partial charge in [-0.2, -0.15) is 0 Å². The molecule has 0 unspecified atom stereocenters. The average molecular weight is 351 g/mol. The van der Waals surface area contributed by atoms with Gasteiger partial charge in [-0.1, -0.05) is 92.6 Å². The second-order valence-corrected chi connectivity index (χ2v) is 10.6. The van der Waals surface area contributed by atoms with Gasteiger partial charge in [0.15, 0.2) is 0 Å². The Balaban J connectivity index is 2.01. The van der Waals surface area contributed by atoms with Crippen molar-refractivity contribution in [3.05, 3.63) is 72.8 Å². The molecule has 0 fully saturated rings. The lowest BCUT2D eigenvalue weighted by Crippen LogP contribution is -2.62. The summed E-state index contributed by atoms with van der Waals surface area (Å²) in [6, 6.07) is 23.3. The second-order valence-electron chi connectivity index (χ2n) is 7.03. The van der Waals surface area contributed by atoms with E-state index in [4.69, 9.17) is 4.43 Å². The fraction of sp³-hybridized carbons (Fsp3) is 0.391. The van der Waals surface area contributed by atoms with Crippen molar-refractivity contribution in [2.24, 2.45) is 0 Å². The highest BCUT2D eigenvalue weighted by Crippen LogP contribution is 2.24. The van der Waals surface area contributed by atoms with Gasteiger partial charge in [-0.3, -0.25) is 0 Å². The van der Waals surface area contributed by atoms with Gasteiger partial charge in [-0.25, -0.2) is 0 Å². The maximum absolute atomic E-state index is 7.13. The van der Waals surface area contributed by atoms with Crippen LogP contribution in [0.25, 0.3) is 0 Å². The number of rotatable bonds is 7. The van der Waals surface area contributed by atoms with E-state index >= 15 is 0 Å². The Bertz CT molecular complexity index is 601. The molecule has 2 heteroatoms. The van der Waals surface area contributed by atoms with Crippen LogP contribution in [0.2, 0.25) is 6.04 Å². The van der Waals surface area contributed by atoms with Crippen LogP contribution >= 0.6 is 0 Å². The summed E-state index contributed by atoms with van der Waals surface area (Å²) in [4.78, 5) is 0. The largest absolute Gasteiger partial charge is 0.405 e. The molecular weight excluding hydrogens is 320 g/mol. The molecule has 0 heterocycles. The summed E-state index contributed by atoms with van der Waals surface area (Å²) in [6.45, 7) is 2.28. The van der Waals surface area contributed by atoms with Gasteiger partial charge >= 0.3 is 0 Å². The highest BCUT2D eigenvalue weighted by atomic mass is 28.4. The van der Waals surface area contributed by atoms with E-state index in [2.05, 4.69) is 79.7 Å². The Labute approximate surface area is 153 Å². The molecule has 0 saturated heterocycles. The summed E-state index contributed by atoms with van der Waals surface area (Å²) in [5, 5.41) is 2.85. The molecule has 0 aliphatic heterocycles. The SMILES string of the molecule is CCCC[Si](OC1CCC=CCC1)(c1ccccc1)c1ccccc1. The highest BCUT2D eigenvalue weighted by Gasteiger charge is 2.40. The third kappa shape index (κ3) is 4.50. The molecule has 0 spiro atoms. The number of allylic oxidation sites excluding steroid dienone is 2. The van der Waals surface area contributed by atoms with E-state index in [1.54, 1.807) is 0 Å². The lowest BCUT2D eigenvalue weighted by molar-refractivity contribution is 0.180. The van der Waals surface area contributed by atoms with Crippen molar-refractivity contribution in [2.75, 3.05) is 0 Å². The predicted molar refractivity (Wildman–Crippen MR) is 110 cm³/mol. The minimum atomic E-state index is -2.21. The summed E-state index contributed by atoms with van der Waals surface area (Å²) < 4.78 is 7.13. The van der Waals surface area contributed by atoms with Crippen LogP contribution in [0.1, 0.15) is 45.4 Å². The molecule has 0 aromatic heterocycles. The van der Waals surface area contributed by atoms with E-state index in [1.807, 2.05) is 0 Å². The fourth-order valence-electron chi connectivity index (χ4n) is 3.84. The Kier molecular flexibility index (Phi) is 6.66. The van der Waals surface area contributed by atoms with Crippen LogP contribution in [0.5, 0.6) is 0 Å². The standard InChI is InChI=1S/C23H30OSi/c1-2-3-20-25(22-16-10-6-11-17-22,23-18-12-7-13-19-23)24-21-14-8-4-5-9-15-21/h4-7,10-13,16-19,21H,2-3,8-9,14-15,20H2,1H3. The molecular formula is C23H30OSi. The van der Waals surface area contributed by atoms with E-state index in [1.165, 1.54) is 29.3 Å². The predicted octanol–water partition coefficient (Wildman–Crippen LogP) is 5.06. The maximum atomic E-state index is 7.13. The van der Waals surface area contributed by atoms with Gasteiger partial charge in [-0.15, -0.1) is 0 Å². The molecule has 3 rings (SSSR count). The normalized spacial score (nSPS) is 15.9. The summed E-state index contributed by atoms with van der Waals surface area (Å²) in [5.74, 6) is 0. The van der Waals surface area contributed by atoms with Crippen LogP contribution in [0.4, 0.5) is 0 Å². The van der Waals surface area contributed by atoms with Crippen LogP contribution in [0, 0.1) is 0 Å². The first-order valence-corrected chi connectivity index (χ1v) is 11.9. The first-order chi connectivity index (χ1) is 12.3. The van der Waals surface area contributed by atoms with Gasteiger partial charge < -0.3 is 4.43 Å². The number of hydrogen-bond acceptors (Lipinski definition) is 1. The summed E-state index contributed by atoms with van der Waals surface area (Å²) in [6.07, 6.45) is 12.0. The quantitative estimate of drug-likeness (QED) is 0.501. The third-order valence-corrected chi connectivity index (χ3v) is 9.53. The van der Waals surface area contributed by atoms with Gasteiger partial charge in [0.25, 0.3) is 8.32 Å². The smallest absolute Gasteiger partial charge is 0.256 e. The van der Waals surface area contributed by atoms with Gasteiger partial charge in [0.1, 0.15) is 0 Å². The Morgan fingerprint density at radius 2 is 1.36 bits per heavy atom. The lowest BCUT2D eigenvalue weighted by atomic mass is 10.1. The Morgan fingerprint density at radius 3 is 1.84 bits per heavy atom. The summed E-state index contributed by atoms with van der Waals surface area (Å²) in [7, 11) is -2.21. The summed E-state index contributed by atoms with van der Waals surface area (Å²) >= 11 is 0. The monoisotopic (exact) mass is 350 g/mol. The second kappa shape index (κ2) is 9.16. The molecule has 0 N–H and O–H groups in total. The van der Waals surface area contributed by atoms with Crippen LogP contribution < -0.4 is 10.4 Å². The first kappa shape index (κ1) is 18.2. The van der Waals surface area contributed by atoms with E-state index in [-0.39, 0.29) is 0 Å². The zero-order chi connectivity index (χ0) is 17.4. The van der Waals surface area contributed by atoms with Gasteiger partial charge in [0, 0.05) is 6.10 Å². The van der Waals surface area contributed by atoms with Crippen molar-refractivity contribution in [1.82, 2.24) is 0 Å². The van der Waals surface area contributed by atoms with Crippen molar-refractivity contribution >= 4 is 18.7 Å². The molecule has 2 aromatic carbocycles. The van der Waals surface area contributed by atoms with E-state index in [0.29, 0.717) is 6.10 Å². The zero-order valence-electron chi connectivity index (χ0n) is 15.4. The minimum absolute atomic E-state index is 0.374. The van der Waals surface area contributed by atoms with E-state index in [9.17, 15) is 0 Å². The molecule has 1 nitrogen and oxygen atoms in total. The van der Waals surface area contributed by atoms with Crippen molar-refractivity contribution < 1.29 is 4.43 Å². The van der Waals surface area contributed by atoms with Gasteiger partial charge in [0.2, 0.25) is 0 Å². The number of unbranched alkanes of at least 4 members (excludes halogenated alkanes) is 1. The maximum Gasteiger partial charge on any atom is 0.256 e. The van der Waals surface area contributed by atoms with Gasteiger partial charge in [0.05, 0.1) is 0 Å². The number of hydrogen-bond donors (Lipinski definition) is 0. The molecule has 0 radical (unpaired) electrons. The van der Waals surface area contributed by atoms with Crippen LogP contribution in [0.3, 0.4) is 0 Å². The topological polar surface area (TPSA) is 9.23 Å².